The first-order chi connectivity index (χ1) is 10.1. The van der Waals surface area contributed by atoms with Crippen LogP contribution in [-0.4, -0.2) is 27.3 Å². The van der Waals surface area contributed by atoms with Gasteiger partial charge < -0.3 is 10.2 Å². The minimum Gasteiger partial charge on any atom is -0.332 e. The number of amides is 2. The second-order valence-corrected chi connectivity index (χ2v) is 4.75. The summed E-state index contributed by atoms with van der Waals surface area (Å²) in [5.41, 5.74) is 1.69. The Kier molecular flexibility index (Phi) is 4.92. The molecule has 0 atom stereocenters. The molecule has 1 aromatic carbocycles. The number of hydrogen-bond donors (Lipinski definition) is 1. The maximum atomic E-state index is 13.2. The highest BCUT2D eigenvalue weighted by Crippen LogP contribution is 2.07. The number of aryl methyl sites for hydroxylation is 1. The van der Waals surface area contributed by atoms with Gasteiger partial charge in [-0.2, -0.15) is 5.10 Å². The summed E-state index contributed by atoms with van der Waals surface area (Å²) >= 11 is 0. The summed E-state index contributed by atoms with van der Waals surface area (Å²) in [6.45, 7) is 3.23. The summed E-state index contributed by atoms with van der Waals surface area (Å²) < 4.78 is 14.9. The normalized spacial score (nSPS) is 10.4. The van der Waals surface area contributed by atoms with E-state index < -0.39 is 0 Å². The fourth-order valence-corrected chi connectivity index (χ4v) is 2.04. The molecule has 6 heteroatoms. The molecular weight excluding hydrogens is 271 g/mol. The molecule has 112 valence electrons. The largest absolute Gasteiger partial charge is 0.332 e. The van der Waals surface area contributed by atoms with Crippen LogP contribution >= 0.6 is 0 Å². The van der Waals surface area contributed by atoms with Gasteiger partial charge in [0, 0.05) is 26.3 Å². The van der Waals surface area contributed by atoms with Gasteiger partial charge in [0.2, 0.25) is 0 Å². The summed E-state index contributed by atoms with van der Waals surface area (Å²) in [5, 5.41) is 6.89. The molecule has 0 fully saturated rings. The van der Waals surface area contributed by atoms with Crippen LogP contribution in [0.15, 0.2) is 36.5 Å². The molecule has 0 unspecified atom stereocenters. The van der Waals surface area contributed by atoms with Crippen molar-refractivity contribution in [3.05, 3.63) is 53.6 Å². The van der Waals surface area contributed by atoms with Crippen LogP contribution < -0.4 is 5.32 Å². The molecule has 0 saturated carbocycles. The molecular formula is C15H19FN4O. The number of carbonyl (C=O) groups is 1. The van der Waals surface area contributed by atoms with Crippen LogP contribution in [0.4, 0.5) is 9.18 Å². The van der Waals surface area contributed by atoms with Gasteiger partial charge in [-0.1, -0.05) is 12.1 Å². The Hall–Kier alpha value is -2.37. The third-order valence-corrected chi connectivity index (χ3v) is 3.27. The highest BCUT2D eigenvalue weighted by atomic mass is 19.1. The second-order valence-electron chi connectivity index (χ2n) is 4.75. The molecule has 21 heavy (non-hydrogen) atoms. The van der Waals surface area contributed by atoms with Gasteiger partial charge in [0.1, 0.15) is 5.82 Å². The fraction of sp³-hybridized carbons (Fsp3) is 0.333. The summed E-state index contributed by atoms with van der Waals surface area (Å²) in [6.07, 6.45) is 1.69. The fourth-order valence-electron chi connectivity index (χ4n) is 2.04. The topological polar surface area (TPSA) is 50.2 Å². The van der Waals surface area contributed by atoms with E-state index in [1.807, 2.05) is 20.0 Å². The lowest BCUT2D eigenvalue weighted by atomic mass is 10.2. The number of aromatic nitrogens is 2. The first kappa shape index (κ1) is 15.0. The van der Waals surface area contributed by atoms with Crippen molar-refractivity contribution in [1.82, 2.24) is 20.0 Å². The molecule has 5 nitrogen and oxygen atoms in total. The Bertz CT molecular complexity index is 611. The van der Waals surface area contributed by atoms with Crippen molar-refractivity contribution < 1.29 is 9.18 Å². The third-order valence-electron chi connectivity index (χ3n) is 3.27. The Morgan fingerprint density at radius 1 is 1.43 bits per heavy atom. The highest BCUT2D eigenvalue weighted by molar-refractivity contribution is 5.74. The maximum absolute atomic E-state index is 13.2. The Morgan fingerprint density at radius 3 is 2.86 bits per heavy atom. The molecule has 2 aromatic rings. The van der Waals surface area contributed by atoms with Gasteiger partial charge in [0.15, 0.2) is 0 Å². The lowest BCUT2D eigenvalue weighted by Gasteiger charge is -2.21. The van der Waals surface area contributed by atoms with Crippen molar-refractivity contribution in [3.8, 4) is 0 Å². The van der Waals surface area contributed by atoms with Crippen molar-refractivity contribution in [2.24, 2.45) is 7.05 Å². The molecule has 0 saturated heterocycles. The molecule has 0 spiro atoms. The number of nitrogens with zero attached hydrogens (tertiary/aromatic N) is 3. The first-order valence-corrected chi connectivity index (χ1v) is 6.84. The van der Waals surface area contributed by atoms with E-state index >= 15 is 0 Å². The van der Waals surface area contributed by atoms with Crippen LogP contribution in [0.1, 0.15) is 18.2 Å². The van der Waals surface area contributed by atoms with E-state index in [1.165, 1.54) is 12.1 Å². The maximum Gasteiger partial charge on any atom is 0.318 e. The molecule has 0 aliphatic carbocycles. The molecule has 2 amide bonds. The second kappa shape index (κ2) is 6.88. The first-order valence-electron chi connectivity index (χ1n) is 6.84. The van der Waals surface area contributed by atoms with E-state index in [4.69, 9.17) is 0 Å². The van der Waals surface area contributed by atoms with E-state index in [0.29, 0.717) is 19.6 Å². The highest BCUT2D eigenvalue weighted by Gasteiger charge is 2.12. The van der Waals surface area contributed by atoms with Crippen molar-refractivity contribution in [2.45, 2.75) is 20.0 Å². The van der Waals surface area contributed by atoms with Gasteiger partial charge in [-0.3, -0.25) is 4.68 Å². The Balaban J connectivity index is 1.94. The molecule has 0 radical (unpaired) electrons. The number of hydrogen-bond acceptors (Lipinski definition) is 2. The van der Waals surface area contributed by atoms with E-state index in [0.717, 1.165) is 11.3 Å². The third kappa shape index (κ3) is 4.05. The molecule has 0 aliphatic rings. The average molecular weight is 290 g/mol. The van der Waals surface area contributed by atoms with Crippen LogP contribution in [0.2, 0.25) is 0 Å². The van der Waals surface area contributed by atoms with E-state index in [2.05, 4.69) is 10.4 Å². The van der Waals surface area contributed by atoms with Crippen molar-refractivity contribution in [2.75, 3.05) is 6.54 Å². The van der Waals surface area contributed by atoms with Gasteiger partial charge in [-0.05, 0) is 30.7 Å². The van der Waals surface area contributed by atoms with Gasteiger partial charge in [-0.25, -0.2) is 9.18 Å². The van der Waals surface area contributed by atoms with Gasteiger partial charge in [0.05, 0.1) is 12.2 Å². The minimum atomic E-state index is -0.293. The van der Waals surface area contributed by atoms with Crippen molar-refractivity contribution in [3.63, 3.8) is 0 Å². The number of urea groups is 1. The van der Waals surface area contributed by atoms with Crippen molar-refractivity contribution in [1.29, 1.82) is 0 Å². The zero-order valence-corrected chi connectivity index (χ0v) is 12.2. The van der Waals surface area contributed by atoms with E-state index in [1.54, 1.807) is 27.9 Å². The monoisotopic (exact) mass is 290 g/mol. The number of benzene rings is 1. The van der Waals surface area contributed by atoms with Gasteiger partial charge in [-0.15, -0.1) is 0 Å². The molecule has 1 heterocycles. The molecule has 2 rings (SSSR count). The molecule has 1 aromatic heterocycles. The van der Waals surface area contributed by atoms with Crippen molar-refractivity contribution >= 4 is 6.03 Å². The number of carbonyl (C=O) groups excluding carboxylic acids is 1. The number of rotatable bonds is 5. The van der Waals surface area contributed by atoms with Gasteiger partial charge in [0.25, 0.3) is 0 Å². The molecule has 1 N–H and O–H groups in total. The van der Waals surface area contributed by atoms with Crippen LogP contribution in [0.3, 0.4) is 0 Å². The minimum absolute atomic E-state index is 0.178. The predicted octanol–water partition coefficient (Wildman–Crippen LogP) is 2.29. The van der Waals surface area contributed by atoms with Crippen LogP contribution in [-0.2, 0) is 20.1 Å². The van der Waals surface area contributed by atoms with Crippen LogP contribution in [0.5, 0.6) is 0 Å². The molecule has 0 aliphatic heterocycles. The quantitative estimate of drug-likeness (QED) is 0.918. The molecule has 0 bridgehead atoms. The standard InChI is InChI=1S/C15H19FN4O/c1-3-20(11-12-5-4-6-13(16)9-12)15(21)17-10-14-7-8-18-19(14)2/h4-9H,3,10-11H2,1-2H3,(H,17,21). The zero-order valence-electron chi connectivity index (χ0n) is 12.2. The van der Waals surface area contributed by atoms with Crippen LogP contribution in [0.25, 0.3) is 0 Å². The van der Waals surface area contributed by atoms with Crippen LogP contribution in [0, 0.1) is 5.82 Å². The van der Waals surface area contributed by atoms with Gasteiger partial charge >= 0.3 is 6.03 Å². The summed E-state index contributed by atoms with van der Waals surface area (Å²) in [7, 11) is 1.83. The number of nitrogens with one attached hydrogen (secondary N) is 1. The Labute approximate surface area is 123 Å². The predicted molar refractivity (Wildman–Crippen MR) is 77.9 cm³/mol. The smallest absolute Gasteiger partial charge is 0.318 e. The number of halogens is 1. The SMILES string of the molecule is CCN(Cc1cccc(F)c1)C(=O)NCc1ccnn1C. The lowest BCUT2D eigenvalue weighted by Crippen LogP contribution is -2.39. The zero-order chi connectivity index (χ0) is 15.2. The average Bonchev–Trinajstić information content (AvgIpc) is 2.87. The summed E-state index contributed by atoms with van der Waals surface area (Å²) in [4.78, 5) is 13.8. The summed E-state index contributed by atoms with van der Waals surface area (Å²) in [5.74, 6) is -0.293. The van der Waals surface area contributed by atoms with E-state index in [-0.39, 0.29) is 11.8 Å². The Morgan fingerprint density at radius 2 is 2.24 bits per heavy atom. The summed E-state index contributed by atoms with van der Waals surface area (Å²) in [6, 6.07) is 7.96. The van der Waals surface area contributed by atoms with E-state index in [9.17, 15) is 9.18 Å². The lowest BCUT2D eigenvalue weighted by molar-refractivity contribution is 0.197.